The van der Waals surface area contributed by atoms with Crippen molar-refractivity contribution in [2.24, 2.45) is 0 Å². The number of nitro benzene ring substituents is 1. The van der Waals surface area contributed by atoms with Crippen molar-refractivity contribution in [2.45, 2.75) is 6.54 Å². The van der Waals surface area contributed by atoms with Gasteiger partial charge in [-0.2, -0.15) is 0 Å². The van der Waals surface area contributed by atoms with Gasteiger partial charge in [0.1, 0.15) is 9.48 Å². The molecule has 0 fully saturated rings. The lowest BCUT2D eigenvalue weighted by Gasteiger charge is -2.05. The highest BCUT2D eigenvalue weighted by molar-refractivity contribution is 9.10. The number of aromatic nitrogens is 1. The van der Waals surface area contributed by atoms with E-state index in [1.165, 1.54) is 29.5 Å². The molecule has 0 unspecified atom stereocenters. The fourth-order valence-corrected chi connectivity index (χ4v) is 2.57. The summed E-state index contributed by atoms with van der Waals surface area (Å²) in [6.07, 6.45) is 1.65. The van der Waals surface area contributed by atoms with E-state index in [9.17, 15) is 14.9 Å². The van der Waals surface area contributed by atoms with Crippen molar-refractivity contribution < 1.29 is 9.72 Å². The lowest BCUT2D eigenvalue weighted by molar-refractivity contribution is -0.385. The average molecular weight is 342 g/mol. The minimum absolute atomic E-state index is 0.137. The Balaban J connectivity index is 2.15. The molecule has 1 N–H and O–H groups in total. The number of nitrogens with zero attached hydrogens (tertiary/aromatic N) is 2. The van der Waals surface area contributed by atoms with Gasteiger partial charge in [-0.1, -0.05) is 6.07 Å². The summed E-state index contributed by atoms with van der Waals surface area (Å²) in [7, 11) is 0. The van der Waals surface area contributed by atoms with Crippen molar-refractivity contribution >= 4 is 38.9 Å². The van der Waals surface area contributed by atoms with Gasteiger partial charge in [0.2, 0.25) is 0 Å². The topological polar surface area (TPSA) is 85.1 Å². The molecule has 98 valence electrons. The van der Waals surface area contributed by atoms with E-state index in [-0.39, 0.29) is 21.6 Å². The number of carbonyl (C=O) groups excluding carboxylic acids is 1. The number of nitro groups is 1. The second kappa shape index (κ2) is 5.89. The number of amides is 1. The van der Waals surface area contributed by atoms with Crippen LogP contribution in [0.2, 0.25) is 0 Å². The van der Waals surface area contributed by atoms with Crippen molar-refractivity contribution in [1.29, 1.82) is 0 Å². The quantitative estimate of drug-likeness (QED) is 0.684. The van der Waals surface area contributed by atoms with Crippen LogP contribution < -0.4 is 5.32 Å². The Morgan fingerprint density at radius 3 is 2.95 bits per heavy atom. The Labute approximate surface area is 120 Å². The van der Waals surface area contributed by atoms with Gasteiger partial charge in [0.25, 0.3) is 11.6 Å². The van der Waals surface area contributed by atoms with E-state index < -0.39 is 4.92 Å². The molecule has 2 rings (SSSR count). The Kier molecular flexibility index (Phi) is 4.23. The molecule has 8 heteroatoms. The Morgan fingerprint density at radius 2 is 2.32 bits per heavy atom. The molecular formula is C11H8BrN3O3S. The van der Waals surface area contributed by atoms with Crippen LogP contribution in [0.4, 0.5) is 5.69 Å². The second-order valence-corrected chi connectivity index (χ2v) is 5.28. The average Bonchev–Trinajstić information content (AvgIpc) is 2.89. The number of nitrogens with one attached hydrogen (secondary N) is 1. The number of rotatable bonds is 4. The molecule has 2 aromatic rings. The van der Waals surface area contributed by atoms with Crippen LogP contribution in [0.3, 0.4) is 0 Å². The van der Waals surface area contributed by atoms with Crippen LogP contribution in [-0.4, -0.2) is 15.8 Å². The number of thiazole rings is 1. The van der Waals surface area contributed by atoms with Gasteiger partial charge < -0.3 is 5.32 Å². The van der Waals surface area contributed by atoms with Crippen LogP contribution in [0.5, 0.6) is 0 Å². The number of hydrogen-bond acceptors (Lipinski definition) is 5. The van der Waals surface area contributed by atoms with Gasteiger partial charge in [-0.3, -0.25) is 14.9 Å². The van der Waals surface area contributed by atoms with Crippen molar-refractivity contribution in [1.82, 2.24) is 10.3 Å². The number of benzene rings is 1. The molecule has 0 radical (unpaired) electrons. The van der Waals surface area contributed by atoms with Crippen molar-refractivity contribution in [3.05, 3.63) is 54.9 Å². The molecule has 19 heavy (non-hydrogen) atoms. The molecule has 1 amide bonds. The van der Waals surface area contributed by atoms with Crippen LogP contribution in [0.25, 0.3) is 0 Å². The van der Waals surface area contributed by atoms with Gasteiger partial charge in [-0.05, 0) is 22.0 Å². The zero-order valence-electron chi connectivity index (χ0n) is 9.50. The normalized spacial score (nSPS) is 10.2. The summed E-state index contributed by atoms with van der Waals surface area (Å²) in [6.45, 7) is 0.297. The molecule has 1 heterocycles. The van der Waals surface area contributed by atoms with Gasteiger partial charge in [0.15, 0.2) is 0 Å². The van der Waals surface area contributed by atoms with Gasteiger partial charge in [0, 0.05) is 17.6 Å². The van der Waals surface area contributed by atoms with E-state index in [1.54, 1.807) is 6.20 Å². The highest BCUT2D eigenvalue weighted by atomic mass is 79.9. The first-order chi connectivity index (χ1) is 9.09. The first-order valence-electron chi connectivity index (χ1n) is 5.19. The predicted octanol–water partition coefficient (Wildman–Crippen LogP) is 2.74. The first kappa shape index (κ1) is 13.6. The summed E-state index contributed by atoms with van der Waals surface area (Å²) in [4.78, 5) is 26.2. The fraction of sp³-hybridized carbons (Fsp3) is 0.0909. The molecule has 0 bridgehead atoms. The predicted molar refractivity (Wildman–Crippen MR) is 74.1 cm³/mol. The summed E-state index contributed by atoms with van der Waals surface area (Å²) in [5.74, 6) is -0.384. The number of carbonyl (C=O) groups is 1. The summed E-state index contributed by atoms with van der Waals surface area (Å²) >= 11 is 4.51. The molecule has 0 atom stereocenters. The fourth-order valence-electron chi connectivity index (χ4n) is 1.43. The molecule has 0 spiro atoms. The third kappa shape index (κ3) is 3.15. The molecule has 0 aliphatic carbocycles. The largest absolute Gasteiger partial charge is 0.345 e. The molecule has 0 saturated carbocycles. The Hall–Kier alpha value is -1.80. The van der Waals surface area contributed by atoms with Gasteiger partial charge in [-0.15, -0.1) is 11.3 Å². The van der Waals surface area contributed by atoms with E-state index >= 15 is 0 Å². The first-order valence-corrected chi connectivity index (χ1v) is 6.86. The van der Waals surface area contributed by atoms with Crippen molar-refractivity contribution in [2.75, 3.05) is 0 Å². The lowest BCUT2D eigenvalue weighted by Crippen LogP contribution is -2.23. The van der Waals surface area contributed by atoms with Gasteiger partial charge in [-0.25, -0.2) is 4.98 Å². The smallest absolute Gasteiger partial charge is 0.284 e. The monoisotopic (exact) mass is 341 g/mol. The summed E-state index contributed by atoms with van der Waals surface area (Å²) in [6, 6.07) is 4.33. The second-order valence-electron chi connectivity index (χ2n) is 3.50. The maximum Gasteiger partial charge on any atom is 0.284 e. The van der Waals surface area contributed by atoms with Gasteiger partial charge >= 0.3 is 0 Å². The van der Waals surface area contributed by atoms with E-state index in [1.807, 2.05) is 5.38 Å². The third-order valence-corrected chi connectivity index (χ3v) is 3.92. The summed E-state index contributed by atoms with van der Waals surface area (Å²) < 4.78 is 0.177. The lowest BCUT2D eigenvalue weighted by atomic mass is 10.2. The molecule has 1 aromatic heterocycles. The molecule has 1 aromatic carbocycles. The summed E-state index contributed by atoms with van der Waals surface area (Å²) in [5.41, 5.74) is 0.0904. The Morgan fingerprint density at radius 1 is 1.53 bits per heavy atom. The SMILES string of the molecule is O=C(NCc1nccs1)c1cccc([N+](=O)[O-])c1Br. The Bertz CT molecular complexity index is 616. The third-order valence-electron chi connectivity index (χ3n) is 2.30. The van der Waals surface area contributed by atoms with E-state index in [0.717, 1.165) is 5.01 Å². The molecule has 6 nitrogen and oxygen atoms in total. The molecule has 0 aliphatic heterocycles. The van der Waals surface area contributed by atoms with Crippen molar-refractivity contribution in [3.63, 3.8) is 0 Å². The maximum absolute atomic E-state index is 11.9. The summed E-state index contributed by atoms with van der Waals surface area (Å²) in [5, 5.41) is 16.0. The van der Waals surface area contributed by atoms with Gasteiger partial charge in [0.05, 0.1) is 17.0 Å². The van der Waals surface area contributed by atoms with E-state index in [2.05, 4.69) is 26.2 Å². The van der Waals surface area contributed by atoms with E-state index in [4.69, 9.17) is 0 Å². The highest BCUT2D eigenvalue weighted by Crippen LogP contribution is 2.28. The van der Waals surface area contributed by atoms with Crippen LogP contribution in [0.15, 0.2) is 34.2 Å². The van der Waals surface area contributed by atoms with Crippen LogP contribution >= 0.6 is 27.3 Å². The zero-order chi connectivity index (χ0) is 13.8. The maximum atomic E-state index is 11.9. The molecule has 0 aliphatic rings. The molecule has 0 saturated heterocycles. The van der Waals surface area contributed by atoms with Crippen LogP contribution in [-0.2, 0) is 6.54 Å². The molecular weight excluding hydrogens is 334 g/mol. The number of halogens is 1. The number of hydrogen-bond donors (Lipinski definition) is 1. The highest BCUT2D eigenvalue weighted by Gasteiger charge is 2.19. The zero-order valence-corrected chi connectivity index (χ0v) is 11.9. The van der Waals surface area contributed by atoms with Crippen LogP contribution in [0.1, 0.15) is 15.4 Å². The van der Waals surface area contributed by atoms with E-state index in [0.29, 0.717) is 6.54 Å². The minimum Gasteiger partial charge on any atom is -0.345 e. The standard InChI is InChI=1S/C11H8BrN3O3S/c12-10-7(2-1-3-8(10)15(17)18)11(16)14-6-9-13-4-5-19-9/h1-5H,6H2,(H,14,16). The van der Waals surface area contributed by atoms with Crippen LogP contribution in [0, 0.1) is 10.1 Å². The minimum atomic E-state index is -0.540. The van der Waals surface area contributed by atoms with Crippen molar-refractivity contribution in [3.8, 4) is 0 Å².